The Bertz CT molecular complexity index is 1030. The quantitative estimate of drug-likeness (QED) is 0.779. The second-order valence-electron chi connectivity index (χ2n) is 6.99. The molecule has 0 radical (unpaired) electrons. The van der Waals surface area contributed by atoms with E-state index in [1.165, 1.54) is 0 Å². The second-order valence-corrected chi connectivity index (χ2v) is 6.99. The van der Waals surface area contributed by atoms with Gasteiger partial charge < -0.3 is 14.6 Å². The van der Waals surface area contributed by atoms with Gasteiger partial charge in [-0.2, -0.15) is 0 Å². The van der Waals surface area contributed by atoms with Gasteiger partial charge in [0.25, 0.3) is 5.56 Å². The number of fused-ring (bicyclic) bond motifs is 1. The minimum atomic E-state index is -0.0772. The maximum Gasteiger partial charge on any atom is 0.251 e. The van der Waals surface area contributed by atoms with Gasteiger partial charge in [0.1, 0.15) is 6.10 Å². The van der Waals surface area contributed by atoms with E-state index in [0.29, 0.717) is 31.7 Å². The van der Waals surface area contributed by atoms with Crippen molar-refractivity contribution >= 4 is 16.8 Å². The molecule has 2 aromatic carbocycles. The molecule has 0 saturated carbocycles. The average molecular weight is 362 g/mol. The largest absolute Gasteiger partial charge is 0.370 e. The van der Waals surface area contributed by atoms with E-state index in [1.54, 1.807) is 6.92 Å². The maximum atomic E-state index is 12.8. The van der Waals surface area contributed by atoms with Crippen molar-refractivity contribution in [3.05, 3.63) is 81.6 Å². The summed E-state index contributed by atoms with van der Waals surface area (Å²) in [5.41, 5.74) is 3.43. The number of aryl methyl sites for hydroxylation is 1. The molecule has 1 aliphatic heterocycles. The molecule has 2 heterocycles. The third-order valence-corrected chi connectivity index (χ3v) is 5.04. The number of carbonyl (C=O) groups excluding carboxylic acids is 1. The minimum Gasteiger partial charge on any atom is -0.370 e. The molecule has 1 aliphatic rings. The summed E-state index contributed by atoms with van der Waals surface area (Å²) in [7, 11) is 0. The smallest absolute Gasteiger partial charge is 0.251 e. The van der Waals surface area contributed by atoms with Gasteiger partial charge in [0.15, 0.2) is 0 Å². The highest BCUT2D eigenvalue weighted by Crippen LogP contribution is 2.23. The Morgan fingerprint density at radius 2 is 2.00 bits per heavy atom. The molecule has 1 aromatic heterocycles. The monoisotopic (exact) mass is 362 g/mol. The van der Waals surface area contributed by atoms with Crippen LogP contribution >= 0.6 is 0 Å². The molecule has 1 saturated heterocycles. The number of pyridine rings is 1. The molecule has 1 atom stereocenters. The highest BCUT2D eigenvalue weighted by atomic mass is 16.5. The van der Waals surface area contributed by atoms with E-state index in [-0.39, 0.29) is 17.6 Å². The van der Waals surface area contributed by atoms with Gasteiger partial charge in [0.2, 0.25) is 5.91 Å². The number of H-pyrrole nitrogens is 1. The van der Waals surface area contributed by atoms with Gasteiger partial charge in [-0.1, -0.05) is 36.4 Å². The molecule has 138 valence electrons. The fourth-order valence-electron chi connectivity index (χ4n) is 3.51. The number of benzene rings is 2. The molecule has 1 amide bonds. The van der Waals surface area contributed by atoms with Crippen molar-refractivity contribution < 1.29 is 9.53 Å². The maximum absolute atomic E-state index is 12.8. The number of rotatable bonds is 3. The first-order valence-electron chi connectivity index (χ1n) is 9.17. The summed E-state index contributed by atoms with van der Waals surface area (Å²) in [4.78, 5) is 29.3. The zero-order valence-corrected chi connectivity index (χ0v) is 15.3. The first kappa shape index (κ1) is 17.5. The van der Waals surface area contributed by atoms with E-state index in [0.717, 1.165) is 22.0 Å². The number of carbonyl (C=O) groups is 1. The topological polar surface area (TPSA) is 62.4 Å². The van der Waals surface area contributed by atoms with Crippen LogP contribution in [0.15, 0.2) is 59.4 Å². The van der Waals surface area contributed by atoms with Gasteiger partial charge in [0, 0.05) is 17.6 Å². The van der Waals surface area contributed by atoms with Crippen LogP contribution < -0.4 is 5.56 Å². The predicted molar refractivity (Wildman–Crippen MR) is 105 cm³/mol. The molecule has 27 heavy (non-hydrogen) atoms. The highest BCUT2D eigenvalue weighted by molar-refractivity contribution is 5.83. The van der Waals surface area contributed by atoms with Crippen LogP contribution in [0.25, 0.3) is 10.9 Å². The van der Waals surface area contributed by atoms with Crippen LogP contribution in [0.1, 0.15) is 22.8 Å². The lowest BCUT2D eigenvalue weighted by Crippen LogP contribution is -2.42. The first-order chi connectivity index (χ1) is 13.1. The van der Waals surface area contributed by atoms with Crippen molar-refractivity contribution in [2.75, 3.05) is 19.7 Å². The molecule has 1 unspecified atom stereocenters. The van der Waals surface area contributed by atoms with Crippen LogP contribution in [0.2, 0.25) is 0 Å². The van der Waals surface area contributed by atoms with Crippen molar-refractivity contribution in [3.63, 3.8) is 0 Å². The first-order valence-corrected chi connectivity index (χ1v) is 9.17. The highest BCUT2D eigenvalue weighted by Gasteiger charge is 2.25. The second kappa shape index (κ2) is 7.37. The molecule has 1 fully saturated rings. The van der Waals surface area contributed by atoms with E-state index >= 15 is 0 Å². The number of nitrogens with one attached hydrogen (secondary N) is 1. The Kier molecular flexibility index (Phi) is 4.77. The summed E-state index contributed by atoms with van der Waals surface area (Å²) in [5, 5.41) is 0.946. The fourth-order valence-corrected chi connectivity index (χ4v) is 3.51. The van der Waals surface area contributed by atoms with Crippen LogP contribution in [0, 0.1) is 6.92 Å². The van der Waals surface area contributed by atoms with Crippen molar-refractivity contribution in [2.24, 2.45) is 0 Å². The van der Waals surface area contributed by atoms with Gasteiger partial charge in [0.05, 0.1) is 19.6 Å². The van der Waals surface area contributed by atoms with E-state index in [2.05, 4.69) is 4.98 Å². The van der Waals surface area contributed by atoms with Gasteiger partial charge >= 0.3 is 0 Å². The SMILES string of the molecule is Cc1cc2cc(CC(=O)N3CCOC(c4ccccc4)C3)ccc2[nH]c1=O. The lowest BCUT2D eigenvalue weighted by atomic mass is 10.0. The van der Waals surface area contributed by atoms with Crippen molar-refractivity contribution in [1.29, 1.82) is 0 Å². The van der Waals surface area contributed by atoms with Gasteiger partial charge in [-0.05, 0) is 41.6 Å². The lowest BCUT2D eigenvalue weighted by molar-refractivity contribution is -0.138. The Morgan fingerprint density at radius 1 is 1.19 bits per heavy atom. The van der Waals surface area contributed by atoms with Crippen LogP contribution in [-0.2, 0) is 16.0 Å². The number of hydrogen-bond donors (Lipinski definition) is 1. The molecule has 4 rings (SSSR count). The van der Waals surface area contributed by atoms with Crippen molar-refractivity contribution in [1.82, 2.24) is 9.88 Å². The molecule has 0 bridgehead atoms. The molecular weight excluding hydrogens is 340 g/mol. The van der Waals surface area contributed by atoms with E-state index in [9.17, 15) is 9.59 Å². The molecule has 3 aromatic rings. The Labute approximate surface area is 157 Å². The summed E-state index contributed by atoms with van der Waals surface area (Å²) < 4.78 is 5.85. The zero-order chi connectivity index (χ0) is 18.8. The number of aromatic nitrogens is 1. The Morgan fingerprint density at radius 3 is 2.81 bits per heavy atom. The Balaban J connectivity index is 1.49. The third kappa shape index (κ3) is 3.78. The Hall–Kier alpha value is -2.92. The molecule has 0 spiro atoms. The van der Waals surface area contributed by atoms with E-state index < -0.39 is 0 Å². The number of aromatic amines is 1. The fraction of sp³-hybridized carbons (Fsp3) is 0.273. The molecule has 5 nitrogen and oxygen atoms in total. The number of nitrogens with zero attached hydrogens (tertiary/aromatic N) is 1. The van der Waals surface area contributed by atoms with Crippen molar-refractivity contribution in [3.8, 4) is 0 Å². The summed E-state index contributed by atoms with van der Waals surface area (Å²) in [6.45, 7) is 3.52. The van der Waals surface area contributed by atoms with Gasteiger partial charge in [-0.25, -0.2) is 0 Å². The van der Waals surface area contributed by atoms with E-state index in [1.807, 2.05) is 59.5 Å². The van der Waals surface area contributed by atoms with Gasteiger partial charge in [-0.3, -0.25) is 9.59 Å². The standard InChI is InChI=1S/C22H22N2O3/c1-15-11-18-12-16(7-8-19(18)23-22(15)26)13-21(25)24-9-10-27-20(14-24)17-5-3-2-4-6-17/h2-8,11-12,20H,9-10,13-14H2,1H3,(H,23,26). The molecular formula is C22H22N2O3. The number of amides is 1. The normalized spacial score (nSPS) is 17.2. The number of morpholine rings is 1. The molecule has 1 N–H and O–H groups in total. The van der Waals surface area contributed by atoms with Crippen LogP contribution in [0.5, 0.6) is 0 Å². The predicted octanol–water partition coefficient (Wildman–Crippen LogP) is 2.98. The van der Waals surface area contributed by atoms with Crippen LogP contribution in [0.3, 0.4) is 0 Å². The third-order valence-electron chi connectivity index (χ3n) is 5.04. The lowest BCUT2D eigenvalue weighted by Gasteiger charge is -2.33. The number of hydrogen-bond acceptors (Lipinski definition) is 3. The summed E-state index contributed by atoms with van der Waals surface area (Å²) in [5.74, 6) is 0.0970. The zero-order valence-electron chi connectivity index (χ0n) is 15.3. The van der Waals surface area contributed by atoms with Crippen LogP contribution in [0.4, 0.5) is 0 Å². The summed E-state index contributed by atoms with van der Waals surface area (Å²) in [6, 6.07) is 17.6. The van der Waals surface area contributed by atoms with Crippen LogP contribution in [-0.4, -0.2) is 35.5 Å². The van der Waals surface area contributed by atoms with E-state index in [4.69, 9.17) is 4.74 Å². The molecule has 5 heteroatoms. The summed E-state index contributed by atoms with van der Waals surface area (Å²) in [6.07, 6.45) is 0.267. The number of ether oxygens (including phenoxy) is 1. The molecule has 0 aliphatic carbocycles. The van der Waals surface area contributed by atoms with Crippen molar-refractivity contribution in [2.45, 2.75) is 19.4 Å². The van der Waals surface area contributed by atoms with Gasteiger partial charge in [-0.15, -0.1) is 0 Å². The average Bonchev–Trinajstić information content (AvgIpc) is 2.70. The minimum absolute atomic E-state index is 0.0757. The summed E-state index contributed by atoms with van der Waals surface area (Å²) >= 11 is 0.